The highest BCUT2D eigenvalue weighted by Crippen LogP contribution is 2.38. The minimum absolute atomic E-state index is 0.0308. The summed E-state index contributed by atoms with van der Waals surface area (Å²) in [5.41, 5.74) is 1.46. The fourth-order valence-corrected chi connectivity index (χ4v) is 3.36. The average molecular weight is 441 g/mol. The molecule has 8 nitrogen and oxygen atoms in total. The molecule has 31 heavy (non-hydrogen) atoms. The van der Waals surface area contributed by atoms with Crippen molar-refractivity contribution in [2.75, 3.05) is 13.2 Å². The highest BCUT2D eigenvalue weighted by molar-refractivity contribution is 6.32. The van der Waals surface area contributed by atoms with E-state index >= 15 is 0 Å². The number of aromatic nitrogens is 3. The molecule has 1 atom stereocenters. The standard InChI is InChI=1S/C22H21ClN4O4/c1-13(2)19(22-26-21(27-31-22)15-4-3-7-24-12-15)25-18(28)6-5-14-10-16(23)20-17(11-14)29-8-9-30-20/h3-7,10-13,19H,8-9H2,1-2H3,(H,25,28)/b6-5+. The molecule has 4 rings (SSSR count). The molecule has 160 valence electrons. The van der Waals surface area contributed by atoms with E-state index in [1.165, 1.54) is 6.08 Å². The lowest BCUT2D eigenvalue weighted by Crippen LogP contribution is -2.30. The summed E-state index contributed by atoms with van der Waals surface area (Å²) >= 11 is 6.25. The Morgan fingerprint density at radius 3 is 2.87 bits per heavy atom. The van der Waals surface area contributed by atoms with Gasteiger partial charge in [0.15, 0.2) is 11.5 Å². The second-order valence-corrected chi connectivity index (χ2v) is 7.70. The van der Waals surface area contributed by atoms with E-state index in [4.69, 9.17) is 25.6 Å². The molecule has 1 aromatic carbocycles. The third kappa shape index (κ3) is 4.86. The molecular formula is C22H21ClN4O4. The molecule has 1 N–H and O–H groups in total. The molecule has 3 aromatic rings. The molecule has 0 spiro atoms. The van der Waals surface area contributed by atoms with Gasteiger partial charge < -0.3 is 19.3 Å². The van der Waals surface area contributed by atoms with Crippen molar-refractivity contribution in [3.05, 3.63) is 59.2 Å². The lowest BCUT2D eigenvalue weighted by molar-refractivity contribution is -0.117. The average Bonchev–Trinajstić information content (AvgIpc) is 3.26. The van der Waals surface area contributed by atoms with Crippen molar-refractivity contribution in [2.45, 2.75) is 19.9 Å². The van der Waals surface area contributed by atoms with Crippen LogP contribution in [0.25, 0.3) is 17.5 Å². The van der Waals surface area contributed by atoms with Crippen LogP contribution in [0.3, 0.4) is 0 Å². The minimum Gasteiger partial charge on any atom is -0.486 e. The Bertz CT molecular complexity index is 1100. The zero-order valence-corrected chi connectivity index (χ0v) is 17.8. The summed E-state index contributed by atoms with van der Waals surface area (Å²) in [5, 5.41) is 7.36. The SMILES string of the molecule is CC(C)C(NC(=O)/C=C/c1cc(Cl)c2c(c1)OCCO2)c1nc(-c2cccnc2)no1. The first-order chi connectivity index (χ1) is 15.0. The van der Waals surface area contributed by atoms with E-state index in [0.29, 0.717) is 41.5 Å². The topological polar surface area (TPSA) is 99.4 Å². The van der Waals surface area contributed by atoms with Crippen LogP contribution in [0.1, 0.15) is 31.3 Å². The number of benzene rings is 1. The highest BCUT2D eigenvalue weighted by Gasteiger charge is 2.24. The predicted octanol–water partition coefficient (Wildman–Crippen LogP) is 4.08. The van der Waals surface area contributed by atoms with Crippen molar-refractivity contribution < 1.29 is 18.8 Å². The first kappa shape index (κ1) is 20.9. The van der Waals surface area contributed by atoms with Gasteiger partial charge in [-0.1, -0.05) is 30.6 Å². The van der Waals surface area contributed by atoms with E-state index in [0.717, 1.165) is 11.1 Å². The third-order valence-corrected chi connectivity index (χ3v) is 4.92. The number of nitrogens with one attached hydrogen (secondary N) is 1. The van der Waals surface area contributed by atoms with Crippen LogP contribution in [-0.2, 0) is 4.79 Å². The molecule has 9 heteroatoms. The number of rotatable bonds is 6. The summed E-state index contributed by atoms with van der Waals surface area (Å²) in [7, 11) is 0. The maximum Gasteiger partial charge on any atom is 0.249 e. The van der Waals surface area contributed by atoms with Crippen molar-refractivity contribution >= 4 is 23.6 Å². The Balaban J connectivity index is 1.47. The molecule has 1 unspecified atom stereocenters. The zero-order chi connectivity index (χ0) is 21.8. The van der Waals surface area contributed by atoms with Crippen molar-refractivity contribution in [3.8, 4) is 22.9 Å². The maximum atomic E-state index is 12.6. The van der Waals surface area contributed by atoms with Crippen LogP contribution in [0, 0.1) is 5.92 Å². The van der Waals surface area contributed by atoms with Crippen LogP contribution in [0.5, 0.6) is 11.5 Å². The molecule has 0 saturated heterocycles. The quantitative estimate of drug-likeness (QED) is 0.576. The number of pyridine rings is 1. The molecule has 0 radical (unpaired) electrons. The molecule has 1 aliphatic heterocycles. The summed E-state index contributed by atoms with van der Waals surface area (Å²) in [6.45, 7) is 4.84. The highest BCUT2D eigenvalue weighted by atomic mass is 35.5. The van der Waals surface area contributed by atoms with Gasteiger partial charge in [0.25, 0.3) is 0 Å². The smallest absolute Gasteiger partial charge is 0.249 e. The first-order valence-electron chi connectivity index (χ1n) is 9.83. The summed E-state index contributed by atoms with van der Waals surface area (Å²) in [6, 6.07) is 6.69. The van der Waals surface area contributed by atoms with Gasteiger partial charge in [0, 0.05) is 24.0 Å². The van der Waals surface area contributed by atoms with E-state index in [1.54, 1.807) is 36.7 Å². The Kier molecular flexibility index (Phi) is 6.18. The Hall–Kier alpha value is -3.39. The summed E-state index contributed by atoms with van der Waals surface area (Å²) in [6.07, 6.45) is 6.41. The van der Waals surface area contributed by atoms with Crippen LogP contribution in [0.4, 0.5) is 0 Å². The minimum atomic E-state index is -0.445. The van der Waals surface area contributed by atoms with E-state index in [9.17, 15) is 4.79 Å². The number of carbonyl (C=O) groups excluding carboxylic acids is 1. The van der Waals surface area contributed by atoms with Crippen molar-refractivity contribution in [1.29, 1.82) is 0 Å². The van der Waals surface area contributed by atoms with Crippen LogP contribution >= 0.6 is 11.6 Å². The van der Waals surface area contributed by atoms with Gasteiger partial charge in [-0.25, -0.2) is 0 Å². The molecule has 0 aliphatic carbocycles. The maximum absolute atomic E-state index is 12.6. The van der Waals surface area contributed by atoms with Crippen LogP contribution < -0.4 is 14.8 Å². The monoisotopic (exact) mass is 440 g/mol. The summed E-state index contributed by atoms with van der Waals surface area (Å²) in [4.78, 5) is 21.1. The molecule has 0 fully saturated rings. The Labute approximate surface area is 184 Å². The van der Waals surface area contributed by atoms with Crippen molar-refractivity contribution in [1.82, 2.24) is 20.4 Å². The van der Waals surface area contributed by atoms with Gasteiger partial charge in [-0.05, 0) is 41.8 Å². The number of nitrogens with zero attached hydrogens (tertiary/aromatic N) is 3. The van der Waals surface area contributed by atoms with Gasteiger partial charge in [0.1, 0.15) is 19.3 Å². The molecule has 0 bridgehead atoms. The molecular weight excluding hydrogens is 420 g/mol. The lowest BCUT2D eigenvalue weighted by atomic mass is 10.0. The fourth-order valence-electron chi connectivity index (χ4n) is 3.09. The number of hydrogen-bond donors (Lipinski definition) is 1. The van der Waals surface area contributed by atoms with Crippen LogP contribution in [0.15, 0.2) is 47.3 Å². The Morgan fingerprint density at radius 2 is 2.10 bits per heavy atom. The number of halogens is 1. The second kappa shape index (κ2) is 9.18. The largest absolute Gasteiger partial charge is 0.486 e. The number of hydrogen-bond acceptors (Lipinski definition) is 7. The van der Waals surface area contributed by atoms with Crippen molar-refractivity contribution in [2.24, 2.45) is 5.92 Å². The summed E-state index contributed by atoms with van der Waals surface area (Å²) < 4.78 is 16.5. The van der Waals surface area contributed by atoms with Crippen molar-refractivity contribution in [3.63, 3.8) is 0 Å². The number of fused-ring (bicyclic) bond motifs is 1. The predicted molar refractivity (Wildman–Crippen MR) is 115 cm³/mol. The molecule has 1 aliphatic rings. The van der Waals surface area contributed by atoms with E-state index in [1.807, 2.05) is 19.9 Å². The third-order valence-electron chi connectivity index (χ3n) is 4.64. The molecule has 3 heterocycles. The van der Waals surface area contributed by atoms with Crippen LogP contribution in [-0.4, -0.2) is 34.2 Å². The zero-order valence-electron chi connectivity index (χ0n) is 17.0. The molecule has 2 aromatic heterocycles. The van der Waals surface area contributed by atoms with Gasteiger partial charge in [-0.3, -0.25) is 9.78 Å². The van der Waals surface area contributed by atoms with Gasteiger partial charge in [0.05, 0.1) is 5.02 Å². The van der Waals surface area contributed by atoms with E-state index < -0.39 is 6.04 Å². The number of amides is 1. The Morgan fingerprint density at radius 1 is 1.26 bits per heavy atom. The van der Waals surface area contributed by atoms with Crippen LogP contribution in [0.2, 0.25) is 5.02 Å². The van der Waals surface area contributed by atoms with E-state index in [-0.39, 0.29) is 11.8 Å². The fraction of sp³-hybridized carbons (Fsp3) is 0.273. The van der Waals surface area contributed by atoms with E-state index in [2.05, 4.69) is 20.4 Å². The van der Waals surface area contributed by atoms with Gasteiger partial charge >= 0.3 is 0 Å². The number of carbonyl (C=O) groups is 1. The van der Waals surface area contributed by atoms with Gasteiger partial charge in [-0.2, -0.15) is 4.98 Å². The summed E-state index contributed by atoms with van der Waals surface area (Å²) in [5.74, 6) is 1.57. The number of ether oxygens (including phenoxy) is 2. The molecule has 0 saturated carbocycles. The molecule has 1 amide bonds. The van der Waals surface area contributed by atoms with Gasteiger partial charge in [0.2, 0.25) is 17.6 Å². The lowest BCUT2D eigenvalue weighted by Gasteiger charge is -2.19. The normalized spacial score (nSPS) is 14.1. The second-order valence-electron chi connectivity index (χ2n) is 7.29. The first-order valence-corrected chi connectivity index (χ1v) is 10.2. The van der Waals surface area contributed by atoms with Gasteiger partial charge in [-0.15, -0.1) is 0 Å².